The van der Waals surface area contributed by atoms with Crippen LogP contribution in [0.3, 0.4) is 0 Å². The second-order valence-corrected chi connectivity index (χ2v) is 7.81. The zero-order valence-electron chi connectivity index (χ0n) is 14.7. The third kappa shape index (κ3) is 3.88. The highest BCUT2D eigenvalue weighted by atomic mass is 32.2. The molecule has 0 atom stereocenters. The SMILES string of the molecule is CCn1cc(C(=O)NCc2ccccc2NS(C)(=O)=O)c2ccccc21. The summed E-state index contributed by atoms with van der Waals surface area (Å²) in [6, 6.07) is 14.8. The number of benzene rings is 2. The van der Waals surface area contributed by atoms with Crippen molar-refractivity contribution in [2.45, 2.75) is 20.0 Å². The van der Waals surface area contributed by atoms with Crippen LogP contribution in [0.1, 0.15) is 22.8 Å². The van der Waals surface area contributed by atoms with Crippen molar-refractivity contribution in [3.8, 4) is 0 Å². The number of anilines is 1. The first kappa shape index (κ1) is 18.0. The van der Waals surface area contributed by atoms with Gasteiger partial charge in [-0.2, -0.15) is 0 Å². The fraction of sp³-hybridized carbons (Fsp3) is 0.211. The minimum absolute atomic E-state index is 0.192. The van der Waals surface area contributed by atoms with Gasteiger partial charge in [-0.1, -0.05) is 36.4 Å². The molecule has 0 saturated heterocycles. The first-order chi connectivity index (χ1) is 12.4. The van der Waals surface area contributed by atoms with Crippen molar-refractivity contribution in [2.75, 3.05) is 11.0 Å². The number of amides is 1. The lowest BCUT2D eigenvalue weighted by Crippen LogP contribution is -2.23. The van der Waals surface area contributed by atoms with E-state index in [2.05, 4.69) is 10.0 Å². The number of fused-ring (bicyclic) bond motifs is 1. The number of para-hydroxylation sites is 2. The van der Waals surface area contributed by atoms with E-state index in [1.54, 1.807) is 24.3 Å². The van der Waals surface area contributed by atoms with E-state index in [1.807, 2.05) is 42.0 Å². The number of rotatable bonds is 6. The number of nitrogens with zero attached hydrogens (tertiary/aromatic N) is 1. The molecule has 0 bridgehead atoms. The Balaban J connectivity index is 1.83. The lowest BCUT2D eigenvalue weighted by molar-refractivity contribution is 0.0952. The van der Waals surface area contributed by atoms with Gasteiger partial charge in [0.1, 0.15) is 0 Å². The quantitative estimate of drug-likeness (QED) is 0.699. The van der Waals surface area contributed by atoms with Crippen LogP contribution in [0, 0.1) is 0 Å². The molecule has 0 aliphatic heterocycles. The minimum atomic E-state index is -3.39. The number of aromatic nitrogens is 1. The molecule has 2 N–H and O–H groups in total. The molecule has 3 rings (SSSR count). The molecule has 1 heterocycles. The molecule has 1 aromatic heterocycles. The van der Waals surface area contributed by atoms with E-state index in [0.29, 0.717) is 16.8 Å². The molecule has 0 unspecified atom stereocenters. The lowest BCUT2D eigenvalue weighted by atomic mass is 10.1. The van der Waals surface area contributed by atoms with Crippen LogP contribution in [0.5, 0.6) is 0 Å². The van der Waals surface area contributed by atoms with Crippen molar-refractivity contribution in [1.29, 1.82) is 0 Å². The molecule has 1 amide bonds. The number of carbonyl (C=O) groups is 1. The summed E-state index contributed by atoms with van der Waals surface area (Å²) in [5, 5.41) is 3.78. The molecule has 26 heavy (non-hydrogen) atoms. The summed E-state index contributed by atoms with van der Waals surface area (Å²) in [5.41, 5.74) is 2.78. The topological polar surface area (TPSA) is 80.2 Å². The third-order valence-corrected chi connectivity index (χ3v) is 4.72. The monoisotopic (exact) mass is 371 g/mol. The van der Waals surface area contributed by atoms with E-state index in [4.69, 9.17) is 0 Å². The van der Waals surface area contributed by atoms with Crippen LogP contribution in [0.2, 0.25) is 0 Å². The van der Waals surface area contributed by atoms with Gasteiger partial charge in [-0.05, 0) is 24.6 Å². The molecule has 2 aromatic carbocycles. The van der Waals surface area contributed by atoms with Crippen LogP contribution in [0.4, 0.5) is 5.69 Å². The minimum Gasteiger partial charge on any atom is -0.348 e. The zero-order chi connectivity index (χ0) is 18.7. The fourth-order valence-corrected chi connectivity index (χ4v) is 3.53. The molecule has 0 spiro atoms. The van der Waals surface area contributed by atoms with E-state index < -0.39 is 10.0 Å². The molecular formula is C19H21N3O3S. The smallest absolute Gasteiger partial charge is 0.253 e. The second-order valence-electron chi connectivity index (χ2n) is 6.06. The summed E-state index contributed by atoms with van der Waals surface area (Å²) in [6.07, 6.45) is 2.95. The molecule has 0 aliphatic rings. The van der Waals surface area contributed by atoms with Gasteiger partial charge >= 0.3 is 0 Å². The predicted molar refractivity (Wildman–Crippen MR) is 104 cm³/mol. The zero-order valence-corrected chi connectivity index (χ0v) is 15.5. The van der Waals surface area contributed by atoms with Crippen LogP contribution < -0.4 is 10.0 Å². The van der Waals surface area contributed by atoms with Crippen molar-refractivity contribution >= 4 is 32.5 Å². The maximum Gasteiger partial charge on any atom is 0.253 e. The maximum atomic E-state index is 12.7. The predicted octanol–water partition coefficient (Wildman–Crippen LogP) is 2.96. The number of sulfonamides is 1. The van der Waals surface area contributed by atoms with Crippen LogP contribution >= 0.6 is 0 Å². The number of nitrogens with one attached hydrogen (secondary N) is 2. The van der Waals surface area contributed by atoms with E-state index in [9.17, 15) is 13.2 Å². The normalized spacial score (nSPS) is 11.5. The second kappa shape index (κ2) is 7.21. The molecule has 136 valence electrons. The molecule has 0 fully saturated rings. The standard InChI is InChI=1S/C19H21N3O3S/c1-3-22-13-16(15-9-5-7-11-18(15)22)19(23)20-12-14-8-4-6-10-17(14)21-26(2,24)25/h4-11,13,21H,3,12H2,1-2H3,(H,20,23). The molecule has 0 saturated carbocycles. The Bertz CT molecular complexity index is 1050. The van der Waals surface area contributed by atoms with Crippen molar-refractivity contribution in [1.82, 2.24) is 9.88 Å². The largest absolute Gasteiger partial charge is 0.348 e. The van der Waals surface area contributed by atoms with Crippen molar-refractivity contribution in [3.63, 3.8) is 0 Å². The van der Waals surface area contributed by atoms with E-state index >= 15 is 0 Å². The van der Waals surface area contributed by atoms with Gasteiger partial charge in [-0.25, -0.2) is 8.42 Å². The Morgan fingerprint density at radius 2 is 1.77 bits per heavy atom. The Morgan fingerprint density at radius 3 is 2.50 bits per heavy atom. The molecule has 0 radical (unpaired) electrons. The van der Waals surface area contributed by atoms with Crippen LogP contribution in [-0.2, 0) is 23.1 Å². The third-order valence-electron chi connectivity index (χ3n) is 4.13. The number of aryl methyl sites for hydroxylation is 1. The van der Waals surface area contributed by atoms with Crippen molar-refractivity contribution in [2.24, 2.45) is 0 Å². The number of hydrogen-bond donors (Lipinski definition) is 2. The Kier molecular flexibility index (Phi) is 4.99. The van der Waals surface area contributed by atoms with Gasteiger partial charge in [0.25, 0.3) is 5.91 Å². The highest BCUT2D eigenvalue weighted by Crippen LogP contribution is 2.22. The Morgan fingerprint density at radius 1 is 1.08 bits per heavy atom. The first-order valence-electron chi connectivity index (χ1n) is 8.31. The molecule has 6 nitrogen and oxygen atoms in total. The number of hydrogen-bond acceptors (Lipinski definition) is 3. The van der Waals surface area contributed by atoms with Gasteiger partial charge in [0.2, 0.25) is 10.0 Å². The lowest BCUT2D eigenvalue weighted by Gasteiger charge is -2.11. The van der Waals surface area contributed by atoms with Gasteiger partial charge in [-0.3, -0.25) is 9.52 Å². The summed E-state index contributed by atoms with van der Waals surface area (Å²) in [6.45, 7) is 3.03. The average molecular weight is 371 g/mol. The van der Waals surface area contributed by atoms with E-state index in [0.717, 1.165) is 23.7 Å². The summed E-state index contributed by atoms with van der Waals surface area (Å²) >= 11 is 0. The molecular weight excluding hydrogens is 350 g/mol. The average Bonchev–Trinajstić information content (AvgIpc) is 2.98. The molecule has 0 aliphatic carbocycles. The Hall–Kier alpha value is -2.80. The summed E-state index contributed by atoms with van der Waals surface area (Å²) < 4.78 is 27.5. The maximum absolute atomic E-state index is 12.7. The molecule has 7 heteroatoms. The van der Waals surface area contributed by atoms with Crippen LogP contribution in [0.25, 0.3) is 10.9 Å². The summed E-state index contributed by atoms with van der Waals surface area (Å²) in [4.78, 5) is 12.7. The van der Waals surface area contributed by atoms with Crippen molar-refractivity contribution < 1.29 is 13.2 Å². The summed E-state index contributed by atoms with van der Waals surface area (Å²) in [7, 11) is -3.39. The van der Waals surface area contributed by atoms with Gasteiger partial charge in [0.15, 0.2) is 0 Å². The number of carbonyl (C=O) groups excluding carboxylic acids is 1. The fourth-order valence-electron chi connectivity index (χ4n) is 2.93. The van der Waals surface area contributed by atoms with Gasteiger partial charge in [-0.15, -0.1) is 0 Å². The van der Waals surface area contributed by atoms with Gasteiger partial charge in [0.05, 0.1) is 17.5 Å². The van der Waals surface area contributed by atoms with E-state index in [-0.39, 0.29) is 12.5 Å². The van der Waals surface area contributed by atoms with Gasteiger partial charge in [0, 0.05) is 30.2 Å². The van der Waals surface area contributed by atoms with Crippen molar-refractivity contribution in [3.05, 3.63) is 65.9 Å². The summed E-state index contributed by atoms with van der Waals surface area (Å²) in [5.74, 6) is -0.192. The molecule has 3 aromatic rings. The van der Waals surface area contributed by atoms with Crippen LogP contribution in [0.15, 0.2) is 54.7 Å². The first-order valence-corrected chi connectivity index (χ1v) is 10.2. The Labute approximate surface area is 152 Å². The highest BCUT2D eigenvalue weighted by Gasteiger charge is 2.15. The highest BCUT2D eigenvalue weighted by molar-refractivity contribution is 7.92. The van der Waals surface area contributed by atoms with Crippen LogP contribution in [-0.4, -0.2) is 25.1 Å². The van der Waals surface area contributed by atoms with E-state index in [1.165, 1.54) is 0 Å². The van der Waals surface area contributed by atoms with Gasteiger partial charge < -0.3 is 9.88 Å².